The van der Waals surface area contributed by atoms with Crippen molar-refractivity contribution in [2.24, 2.45) is 0 Å². The van der Waals surface area contributed by atoms with Gasteiger partial charge in [0, 0.05) is 22.2 Å². The molecule has 43 heavy (non-hydrogen) atoms. The minimum Gasteiger partial charge on any atom is -0.398 e. The van der Waals surface area contributed by atoms with Crippen LogP contribution in [0, 0.1) is 22.7 Å². The smallest absolute Gasteiger partial charge is 0.108 e. The average molecular weight is 561 g/mol. The van der Waals surface area contributed by atoms with Crippen molar-refractivity contribution < 1.29 is 9.32 Å². The zero-order valence-corrected chi connectivity index (χ0v) is 23.3. The van der Waals surface area contributed by atoms with E-state index in [9.17, 15) is 10.5 Å². The molecule has 0 amide bonds. The zero-order chi connectivity index (χ0) is 29.9. The van der Waals surface area contributed by atoms with Crippen LogP contribution in [0.15, 0.2) is 121 Å². The Bertz CT molecular complexity index is 2040. The third-order valence-electron chi connectivity index (χ3n) is 7.60. The van der Waals surface area contributed by atoms with Crippen molar-refractivity contribution in [2.75, 3.05) is 18.1 Å². The van der Waals surface area contributed by atoms with Gasteiger partial charge in [-0.05, 0) is 81.2 Å². The van der Waals surface area contributed by atoms with Gasteiger partial charge in [0.2, 0.25) is 0 Å². The fourth-order valence-electron chi connectivity index (χ4n) is 5.47. The summed E-state index contributed by atoms with van der Waals surface area (Å²) in [5, 5.41) is 20.4. The number of hydrogen-bond donors (Lipinski definition) is 1. The second-order valence-corrected chi connectivity index (χ2v) is 10.0. The summed E-state index contributed by atoms with van der Waals surface area (Å²) in [6.45, 7) is 0. The van der Waals surface area contributed by atoms with Crippen LogP contribution in [0.25, 0.3) is 55.3 Å². The van der Waals surface area contributed by atoms with Gasteiger partial charge in [-0.15, -0.1) is 0 Å². The molecule has 6 rings (SSSR count). The van der Waals surface area contributed by atoms with E-state index in [0.717, 1.165) is 44.3 Å². The molecular weight excluding hydrogens is 535 g/mol. The van der Waals surface area contributed by atoms with E-state index in [1.807, 2.05) is 84.9 Å². The number of nitrogens with zero attached hydrogens (tertiary/aromatic N) is 3. The number of nitrogens with two attached hydrogens (primary N) is 1. The zero-order valence-electron chi connectivity index (χ0n) is 23.3. The van der Waals surface area contributed by atoms with Gasteiger partial charge in [-0.3, -0.25) is 0 Å². The number of nitriles is 2. The minimum atomic E-state index is 0.246. The van der Waals surface area contributed by atoms with Crippen LogP contribution in [0.2, 0.25) is 0 Å². The molecule has 206 valence electrons. The predicted molar refractivity (Wildman–Crippen MR) is 170 cm³/mol. The topological polar surface area (TPSA) is 86.1 Å². The molecule has 0 radical (unpaired) electrons. The lowest BCUT2D eigenvalue weighted by Gasteiger charge is -2.21. The Hall–Kier alpha value is -5.95. The summed E-state index contributed by atoms with van der Waals surface area (Å²) >= 11 is 0. The monoisotopic (exact) mass is 560 g/mol. The lowest BCUT2D eigenvalue weighted by Crippen LogP contribution is -2.10. The first-order valence-corrected chi connectivity index (χ1v) is 13.6. The Morgan fingerprint density at radius 1 is 0.605 bits per heavy atom. The third kappa shape index (κ3) is 5.04. The Labute approximate surface area is 248 Å². The molecule has 5 nitrogen and oxygen atoms in total. The molecule has 6 aromatic carbocycles. The fourth-order valence-corrected chi connectivity index (χ4v) is 5.47. The molecule has 2 N–H and O–H groups in total. The SMILES string of the molecule is CON(F)c1cccc2c(-c3ccccc3)ccc(-c3cc(-c4ccc(C#N)cc4)cc(-c4ccc(C#N)cc4)c3N)c12. The molecule has 0 aromatic heterocycles. The van der Waals surface area contributed by atoms with Crippen molar-refractivity contribution in [3.05, 3.63) is 132 Å². The summed E-state index contributed by atoms with van der Waals surface area (Å²) < 4.78 is 15.3. The third-order valence-corrected chi connectivity index (χ3v) is 7.60. The predicted octanol–water partition coefficient (Wildman–Crippen LogP) is 9.09. The Balaban J connectivity index is 1.68. The molecule has 0 aliphatic carbocycles. The van der Waals surface area contributed by atoms with E-state index < -0.39 is 0 Å². The first-order chi connectivity index (χ1) is 21.0. The lowest BCUT2D eigenvalue weighted by atomic mass is 9.87. The van der Waals surface area contributed by atoms with Crippen LogP contribution in [0.5, 0.6) is 0 Å². The van der Waals surface area contributed by atoms with Crippen molar-refractivity contribution >= 4 is 22.1 Å². The maximum absolute atomic E-state index is 15.3. The Kier molecular flexibility index (Phi) is 7.28. The number of rotatable bonds is 6. The molecule has 0 bridgehead atoms. The molecule has 6 aromatic rings. The van der Waals surface area contributed by atoms with E-state index in [1.165, 1.54) is 7.11 Å². The second kappa shape index (κ2) is 11.5. The van der Waals surface area contributed by atoms with Gasteiger partial charge in [0.05, 0.1) is 30.4 Å². The molecule has 0 aliphatic rings. The van der Waals surface area contributed by atoms with E-state index >= 15 is 4.48 Å². The maximum atomic E-state index is 15.3. The van der Waals surface area contributed by atoms with E-state index in [2.05, 4.69) is 12.1 Å². The van der Waals surface area contributed by atoms with Crippen molar-refractivity contribution in [3.8, 4) is 56.6 Å². The van der Waals surface area contributed by atoms with Crippen molar-refractivity contribution in [3.63, 3.8) is 0 Å². The molecule has 0 unspecified atom stereocenters. The first kappa shape index (κ1) is 27.2. The molecular formula is C37H25FN4O. The number of anilines is 2. The van der Waals surface area contributed by atoms with Crippen molar-refractivity contribution in [1.29, 1.82) is 10.5 Å². The highest BCUT2D eigenvalue weighted by molar-refractivity contribution is 6.13. The van der Waals surface area contributed by atoms with Crippen molar-refractivity contribution in [1.82, 2.24) is 0 Å². The van der Waals surface area contributed by atoms with E-state index in [1.54, 1.807) is 36.4 Å². The summed E-state index contributed by atoms with van der Waals surface area (Å²) in [7, 11) is 1.28. The van der Waals surface area contributed by atoms with Gasteiger partial charge in [-0.2, -0.15) is 10.5 Å². The molecule has 0 spiro atoms. The van der Waals surface area contributed by atoms with Crippen LogP contribution < -0.4 is 11.0 Å². The minimum absolute atomic E-state index is 0.246. The average Bonchev–Trinajstić information content (AvgIpc) is 3.08. The van der Waals surface area contributed by atoms with Gasteiger partial charge in [-0.1, -0.05) is 88.6 Å². The Morgan fingerprint density at radius 2 is 1.19 bits per heavy atom. The highest BCUT2D eigenvalue weighted by Crippen LogP contribution is 2.46. The summed E-state index contributed by atoms with van der Waals surface area (Å²) in [6.07, 6.45) is 0. The van der Waals surface area contributed by atoms with Gasteiger partial charge in [0.1, 0.15) is 5.69 Å². The van der Waals surface area contributed by atoms with Gasteiger partial charge in [0.25, 0.3) is 0 Å². The highest BCUT2D eigenvalue weighted by atomic mass is 19.2. The normalized spacial score (nSPS) is 10.7. The molecule has 6 heteroatoms. The largest absolute Gasteiger partial charge is 0.398 e. The fraction of sp³-hybridized carbons (Fsp3) is 0.0270. The van der Waals surface area contributed by atoms with Crippen molar-refractivity contribution in [2.45, 2.75) is 0 Å². The Morgan fingerprint density at radius 3 is 1.81 bits per heavy atom. The van der Waals surface area contributed by atoms with Gasteiger partial charge in [0.15, 0.2) is 0 Å². The molecule has 0 saturated heterocycles. The van der Waals surface area contributed by atoms with Crippen LogP contribution in [0.1, 0.15) is 11.1 Å². The van der Waals surface area contributed by atoms with Crippen LogP contribution in [-0.4, -0.2) is 7.11 Å². The summed E-state index contributed by atoms with van der Waals surface area (Å²) in [6, 6.07) is 42.3. The standard InChI is InChI=1S/C37H25FN4O/c1-43-42(38)35-9-5-8-31-30(27-6-3-2-4-7-27)18-19-32(36(31)35)34-21-29(26-14-10-24(22-39)11-15-26)20-33(37(34)41)28-16-12-25(23-40)13-17-28/h2-21H,41H2,1H3. The summed E-state index contributed by atoms with van der Waals surface area (Å²) in [5.41, 5.74) is 15.6. The quantitative estimate of drug-likeness (QED) is 0.125. The second-order valence-electron chi connectivity index (χ2n) is 10.0. The van der Waals surface area contributed by atoms with Crippen LogP contribution in [0.4, 0.5) is 15.9 Å². The van der Waals surface area contributed by atoms with Crippen LogP contribution in [-0.2, 0) is 4.84 Å². The first-order valence-electron chi connectivity index (χ1n) is 13.6. The summed E-state index contributed by atoms with van der Waals surface area (Å²) in [5.74, 6) is 0. The molecule has 0 atom stereocenters. The van der Waals surface area contributed by atoms with Gasteiger partial charge >= 0.3 is 0 Å². The van der Waals surface area contributed by atoms with Crippen LogP contribution >= 0.6 is 0 Å². The van der Waals surface area contributed by atoms with E-state index in [-0.39, 0.29) is 11.0 Å². The molecule has 0 aliphatic heterocycles. The molecule has 0 fully saturated rings. The van der Waals surface area contributed by atoms with E-state index in [0.29, 0.717) is 27.8 Å². The number of benzene rings is 6. The maximum Gasteiger partial charge on any atom is 0.108 e. The lowest BCUT2D eigenvalue weighted by molar-refractivity contribution is 0.0605. The summed E-state index contributed by atoms with van der Waals surface area (Å²) in [4.78, 5) is 5.02. The van der Waals surface area contributed by atoms with E-state index in [4.69, 9.17) is 10.6 Å². The molecule has 0 heterocycles. The molecule has 0 saturated carbocycles. The van der Waals surface area contributed by atoms with Crippen LogP contribution in [0.3, 0.4) is 0 Å². The number of nitrogen functional groups attached to an aromatic ring is 1. The highest BCUT2D eigenvalue weighted by Gasteiger charge is 2.21. The number of hydrogen-bond acceptors (Lipinski definition) is 5. The number of fused-ring (bicyclic) bond motifs is 1. The van der Waals surface area contributed by atoms with Gasteiger partial charge < -0.3 is 5.73 Å². The number of halogens is 1. The van der Waals surface area contributed by atoms with Gasteiger partial charge in [-0.25, -0.2) is 4.84 Å².